The number of fused-ring (bicyclic) bond motifs is 1. The molecule has 5 rings (SSSR count). The second-order valence-electron chi connectivity index (χ2n) is 8.07. The predicted molar refractivity (Wildman–Crippen MR) is 131 cm³/mol. The Morgan fingerprint density at radius 3 is 2.36 bits per heavy atom. The van der Waals surface area contributed by atoms with Crippen LogP contribution in [0.4, 0.5) is 5.95 Å². The number of carbonyl (C=O) groups excluding carboxylic acids is 1. The first kappa shape index (κ1) is 21.3. The van der Waals surface area contributed by atoms with Crippen LogP contribution in [0.3, 0.4) is 0 Å². The van der Waals surface area contributed by atoms with Crippen LogP contribution < -0.4 is 5.32 Å². The highest BCUT2D eigenvalue weighted by molar-refractivity contribution is 6.33. The van der Waals surface area contributed by atoms with E-state index in [1.807, 2.05) is 48.5 Å². The van der Waals surface area contributed by atoms with Gasteiger partial charge in [-0.05, 0) is 23.8 Å². The predicted octanol–water partition coefficient (Wildman–Crippen LogP) is 5.61. The number of carbonyl (C=O) groups is 1. The molecule has 0 atom stereocenters. The van der Waals surface area contributed by atoms with E-state index in [1.54, 1.807) is 12.1 Å². The molecule has 0 spiro atoms. The average molecular weight is 455 g/mol. The number of hydrogen-bond acceptors (Lipinski definition) is 4. The lowest BCUT2D eigenvalue weighted by molar-refractivity contribution is 0.102. The summed E-state index contributed by atoms with van der Waals surface area (Å²) >= 11 is 6.56. The highest BCUT2D eigenvalue weighted by Crippen LogP contribution is 2.34. The number of nitrogens with one attached hydrogen (secondary N) is 1. The van der Waals surface area contributed by atoms with Gasteiger partial charge in [0.05, 0.1) is 11.4 Å². The molecule has 0 bridgehead atoms. The van der Waals surface area contributed by atoms with Crippen LogP contribution in [0.5, 0.6) is 0 Å². The van der Waals surface area contributed by atoms with Crippen molar-refractivity contribution in [3.63, 3.8) is 0 Å². The molecule has 0 saturated heterocycles. The summed E-state index contributed by atoms with van der Waals surface area (Å²) in [4.78, 5) is 24.6. The van der Waals surface area contributed by atoms with E-state index in [1.165, 1.54) is 5.56 Å². The topological polar surface area (TPSA) is 58.1 Å². The van der Waals surface area contributed by atoms with Crippen molar-refractivity contribution in [3.05, 3.63) is 112 Å². The summed E-state index contributed by atoms with van der Waals surface area (Å²) < 4.78 is 0. The molecule has 164 valence electrons. The smallest absolute Gasteiger partial charge is 0.258 e. The Morgan fingerprint density at radius 2 is 1.61 bits per heavy atom. The summed E-state index contributed by atoms with van der Waals surface area (Å²) in [5.41, 5.74) is 5.46. The summed E-state index contributed by atoms with van der Waals surface area (Å²) in [6.07, 6.45) is 0.774. The second kappa shape index (κ2) is 9.53. The Bertz CT molecular complexity index is 1280. The number of nitrogens with zero attached hydrogens (tertiary/aromatic N) is 3. The Labute approximate surface area is 198 Å². The number of rotatable bonds is 5. The van der Waals surface area contributed by atoms with Crippen LogP contribution in [0.2, 0.25) is 5.02 Å². The van der Waals surface area contributed by atoms with Crippen molar-refractivity contribution in [2.75, 3.05) is 11.9 Å². The van der Waals surface area contributed by atoms with Gasteiger partial charge >= 0.3 is 0 Å². The fourth-order valence-electron chi connectivity index (χ4n) is 4.14. The van der Waals surface area contributed by atoms with Crippen molar-refractivity contribution in [3.8, 4) is 11.3 Å². The zero-order valence-corrected chi connectivity index (χ0v) is 18.8. The largest absolute Gasteiger partial charge is 0.294 e. The second-order valence-corrected chi connectivity index (χ2v) is 8.47. The molecular formula is C27H23ClN4O. The van der Waals surface area contributed by atoms with Gasteiger partial charge in [0, 0.05) is 47.8 Å². The quantitative estimate of drug-likeness (QED) is 0.426. The highest BCUT2D eigenvalue weighted by atomic mass is 35.5. The summed E-state index contributed by atoms with van der Waals surface area (Å²) in [5.74, 6) is 0.0659. The zero-order valence-electron chi connectivity index (χ0n) is 18.0. The number of aromatic nitrogens is 2. The maximum atomic E-state index is 12.7. The van der Waals surface area contributed by atoms with Crippen LogP contribution in [0.15, 0.2) is 84.9 Å². The number of halogens is 1. The van der Waals surface area contributed by atoms with E-state index in [-0.39, 0.29) is 5.91 Å². The molecule has 1 amide bonds. The molecule has 6 heteroatoms. The number of benzene rings is 3. The average Bonchev–Trinajstić information content (AvgIpc) is 2.85. The summed E-state index contributed by atoms with van der Waals surface area (Å²) in [7, 11) is 0. The SMILES string of the molecule is O=C(Nc1nc2c(c(-c3ccccc3Cl)n1)CN(Cc1ccccc1)CC2)c1ccccc1. The van der Waals surface area contributed by atoms with E-state index in [2.05, 4.69) is 34.5 Å². The molecule has 5 nitrogen and oxygen atoms in total. The molecule has 0 fully saturated rings. The fraction of sp³-hybridized carbons (Fsp3) is 0.148. The first-order valence-corrected chi connectivity index (χ1v) is 11.3. The molecule has 3 aromatic carbocycles. The molecule has 4 aromatic rings. The maximum absolute atomic E-state index is 12.7. The van der Waals surface area contributed by atoms with Gasteiger partial charge in [0.2, 0.25) is 5.95 Å². The highest BCUT2D eigenvalue weighted by Gasteiger charge is 2.25. The molecule has 0 unspecified atom stereocenters. The van der Waals surface area contributed by atoms with Crippen molar-refractivity contribution >= 4 is 23.5 Å². The molecule has 1 aliphatic heterocycles. The van der Waals surface area contributed by atoms with Gasteiger partial charge in [0.25, 0.3) is 5.91 Å². The van der Waals surface area contributed by atoms with Crippen molar-refractivity contribution < 1.29 is 4.79 Å². The van der Waals surface area contributed by atoms with Gasteiger partial charge in [-0.15, -0.1) is 0 Å². The maximum Gasteiger partial charge on any atom is 0.258 e. The van der Waals surface area contributed by atoms with Crippen LogP contribution in [-0.2, 0) is 19.5 Å². The van der Waals surface area contributed by atoms with Gasteiger partial charge in [0.15, 0.2) is 0 Å². The minimum Gasteiger partial charge on any atom is -0.294 e. The van der Waals surface area contributed by atoms with E-state index in [9.17, 15) is 4.79 Å². The molecule has 33 heavy (non-hydrogen) atoms. The minimum absolute atomic E-state index is 0.234. The van der Waals surface area contributed by atoms with Gasteiger partial charge in [-0.3, -0.25) is 15.0 Å². The lowest BCUT2D eigenvalue weighted by Crippen LogP contribution is -2.32. The van der Waals surface area contributed by atoms with Crippen LogP contribution in [0, 0.1) is 0 Å². The number of amides is 1. The lowest BCUT2D eigenvalue weighted by atomic mass is 9.98. The van der Waals surface area contributed by atoms with Gasteiger partial charge in [0.1, 0.15) is 0 Å². The molecule has 0 aliphatic carbocycles. The van der Waals surface area contributed by atoms with Crippen LogP contribution in [-0.4, -0.2) is 27.3 Å². The first-order valence-electron chi connectivity index (χ1n) is 10.9. The first-order chi connectivity index (χ1) is 16.2. The monoisotopic (exact) mass is 454 g/mol. The zero-order chi connectivity index (χ0) is 22.6. The number of anilines is 1. The lowest BCUT2D eigenvalue weighted by Gasteiger charge is -2.30. The van der Waals surface area contributed by atoms with Crippen molar-refractivity contribution in [1.82, 2.24) is 14.9 Å². The van der Waals surface area contributed by atoms with Crippen molar-refractivity contribution in [1.29, 1.82) is 0 Å². The molecular weight excluding hydrogens is 432 g/mol. The van der Waals surface area contributed by atoms with E-state index >= 15 is 0 Å². The third-order valence-corrected chi connectivity index (χ3v) is 6.11. The molecule has 0 radical (unpaired) electrons. The Balaban J connectivity index is 1.50. The summed E-state index contributed by atoms with van der Waals surface area (Å²) in [6, 6.07) is 27.2. The third kappa shape index (κ3) is 4.80. The van der Waals surface area contributed by atoms with E-state index in [0.29, 0.717) is 16.5 Å². The Hall–Kier alpha value is -3.54. The van der Waals surface area contributed by atoms with Crippen LogP contribution in [0.1, 0.15) is 27.2 Å². The molecule has 1 N–H and O–H groups in total. The molecule has 0 saturated carbocycles. The van der Waals surface area contributed by atoms with Crippen LogP contribution >= 0.6 is 11.6 Å². The third-order valence-electron chi connectivity index (χ3n) is 5.78. The summed E-state index contributed by atoms with van der Waals surface area (Å²) in [5, 5.41) is 3.50. The molecule has 1 aromatic heterocycles. The van der Waals surface area contributed by atoms with Crippen molar-refractivity contribution in [2.24, 2.45) is 0 Å². The van der Waals surface area contributed by atoms with Gasteiger partial charge in [-0.2, -0.15) is 0 Å². The van der Waals surface area contributed by atoms with Crippen molar-refractivity contribution in [2.45, 2.75) is 19.5 Å². The Kier molecular flexibility index (Phi) is 6.15. The normalized spacial score (nSPS) is 13.4. The molecule has 1 aliphatic rings. The minimum atomic E-state index is -0.234. The van der Waals surface area contributed by atoms with Gasteiger partial charge in [-0.1, -0.05) is 78.3 Å². The summed E-state index contributed by atoms with van der Waals surface area (Å²) in [6.45, 7) is 2.46. The van der Waals surface area contributed by atoms with Gasteiger partial charge in [-0.25, -0.2) is 9.97 Å². The van der Waals surface area contributed by atoms with E-state index in [4.69, 9.17) is 21.6 Å². The number of hydrogen-bond donors (Lipinski definition) is 1. The van der Waals surface area contributed by atoms with E-state index < -0.39 is 0 Å². The van der Waals surface area contributed by atoms with Crippen LogP contribution in [0.25, 0.3) is 11.3 Å². The Morgan fingerprint density at radius 1 is 0.909 bits per heavy atom. The molecule has 2 heterocycles. The van der Waals surface area contributed by atoms with E-state index in [0.717, 1.165) is 48.6 Å². The standard InChI is InChI=1S/C27H23ClN4O/c28-23-14-8-7-13-21(23)25-22-18-32(17-19-9-3-1-4-10-19)16-15-24(22)29-27(30-25)31-26(33)20-11-5-2-6-12-20/h1-14H,15-18H2,(H,29,30,31,33). The fourth-order valence-corrected chi connectivity index (χ4v) is 4.37. The van der Waals surface area contributed by atoms with Gasteiger partial charge < -0.3 is 0 Å².